The van der Waals surface area contributed by atoms with E-state index in [2.05, 4.69) is 55.3 Å². The first kappa shape index (κ1) is 13.6. The SMILES string of the molecule is Brc1cccc(CN2CC(N3CCCNCC3)C2)c1. The summed E-state index contributed by atoms with van der Waals surface area (Å²) in [7, 11) is 0. The zero-order chi connectivity index (χ0) is 13.1. The van der Waals surface area contributed by atoms with Crippen LogP contribution in [0.3, 0.4) is 0 Å². The average Bonchev–Trinajstić information content (AvgIpc) is 2.62. The highest BCUT2D eigenvalue weighted by molar-refractivity contribution is 9.10. The third-order valence-electron chi connectivity index (χ3n) is 4.12. The molecule has 0 unspecified atom stereocenters. The van der Waals surface area contributed by atoms with Gasteiger partial charge < -0.3 is 5.32 Å². The van der Waals surface area contributed by atoms with Gasteiger partial charge in [-0.1, -0.05) is 28.1 Å². The molecule has 3 nitrogen and oxygen atoms in total. The number of nitrogens with zero attached hydrogens (tertiary/aromatic N) is 2. The van der Waals surface area contributed by atoms with Crippen molar-refractivity contribution in [2.45, 2.75) is 19.0 Å². The molecule has 1 N–H and O–H groups in total. The van der Waals surface area contributed by atoms with E-state index in [0.29, 0.717) is 0 Å². The van der Waals surface area contributed by atoms with Crippen LogP contribution in [-0.2, 0) is 6.54 Å². The third kappa shape index (κ3) is 3.57. The summed E-state index contributed by atoms with van der Waals surface area (Å²) < 4.78 is 1.18. The van der Waals surface area contributed by atoms with E-state index in [9.17, 15) is 0 Å². The molecule has 0 aliphatic carbocycles. The molecule has 0 radical (unpaired) electrons. The maximum atomic E-state index is 3.54. The molecule has 0 saturated carbocycles. The summed E-state index contributed by atoms with van der Waals surface area (Å²) in [5, 5.41) is 3.48. The number of hydrogen-bond acceptors (Lipinski definition) is 3. The molecule has 4 heteroatoms. The van der Waals surface area contributed by atoms with Gasteiger partial charge in [0.1, 0.15) is 0 Å². The van der Waals surface area contributed by atoms with Crippen molar-refractivity contribution >= 4 is 15.9 Å². The average molecular weight is 324 g/mol. The summed E-state index contributed by atoms with van der Waals surface area (Å²) in [5.74, 6) is 0. The summed E-state index contributed by atoms with van der Waals surface area (Å²) in [4.78, 5) is 5.21. The van der Waals surface area contributed by atoms with E-state index < -0.39 is 0 Å². The molecule has 0 amide bonds. The highest BCUT2D eigenvalue weighted by Gasteiger charge is 2.31. The molecule has 2 heterocycles. The molecular weight excluding hydrogens is 302 g/mol. The summed E-state index contributed by atoms with van der Waals surface area (Å²) in [6.45, 7) is 8.37. The largest absolute Gasteiger partial charge is 0.315 e. The second-order valence-electron chi connectivity index (χ2n) is 5.62. The highest BCUT2D eigenvalue weighted by atomic mass is 79.9. The van der Waals surface area contributed by atoms with Crippen molar-refractivity contribution in [2.24, 2.45) is 0 Å². The van der Waals surface area contributed by atoms with Gasteiger partial charge in [0.25, 0.3) is 0 Å². The molecule has 19 heavy (non-hydrogen) atoms. The van der Waals surface area contributed by atoms with Gasteiger partial charge in [-0.3, -0.25) is 9.80 Å². The van der Waals surface area contributed by atoms with Crippen molar-refractivity contribution in [3.63, 3.8) is 0 Å². The normalized spacial score (nSPS) is 23.0. The monoisotopic (exact) mass is 323 g/mol. The Morgan fingerprint density at radius 2 is 2.11 bits per heavy atom. The zero-order valence-corrected chi connectivity index (χ0v) is 12.9. The van der Waals surface area contributed by atoms with Crippen LogP contribution in [0.15, 0.2) is 28.7 Å². The van der Waals surface area contributed by atoms with Crippen LogP contribution in [0.2, 0.25) is 0 Å². The van der Waals surface area contributed by atoms with Gasteiger partial charge in [0.15, 0.2) is 0 Å². The molecule has 2 saturated heterocycles. The minimum Gasteiger partial charge on any atom is -0.315 e. The molecule has 0 atom stereocenters. The zero-order valence-electron chi connectivity index (χ0n) is 11.3. The van der Waals surface area contributed by atoms with Crippen LogP contribution in [0.25, 0.3) is 0 Å². The van der Waals surface area contributed by atoms with Crippen LogP contribution >= 0.6 is 15.9 Å². The number of rotatable bonds is 3. The summed E-state index contributed by atoms with van der Waals surface area (Å²) in [6, 6.07) is 9.44. The van der Waals surface area contributed by atoms with Crippen molar-refractivity contribution in [2.75, 3.05) is 39.3 Å². The van der Waals surface area contributed by atoms with Gasteiger partial charge in [0.2, 0.25) is 0 Å². The molecule has 0 bridgehead atoms. The molecular formula is C15H22BrN3. The molecule has 0 aromatic heterocycles. The van der Waals surface area contributed by atoms with Gasteiger partial charge in [-0.2, -0.15) is 0 Å². The number of nitrogens with one attached hydrogen (secondary N) is 1. The minimum atomic E-state index is 0.784. The Morgan fingerprint density at radius 3 is 2.95 bits per heavy atom. The van der Waals surface area contributed by atoms with Gasteiger partial charge >= 0.3 is 0 Å². The van der Waals surface area contributed by atoms with Crippen molar-refractivity contribution < 1.29 is 0 Å². The van der Waals surface area contributed by atoms with Crippen LogP contribution in [-0.4, -0.2) is 55.1 Å². The lowest BCUT2D eigenvalue weighted by atomic mass is 10.1. The molecule has 2 fully saturated rings. The Morgan fingerprint density at radius 1 is 1.21 bits per heavy atom. The third-order valence-corrected chi connectivity index (χ3v) is 4.62. The Hall–Kier alpha value is -0.420. The Bertz CT molecular complexity index is 410. The topological polar surface area (TPSA) is 18.5 Å². The quantitative estimate of drug-likeness (QED) is 0.917. The summed E-state index contributed by atoms with van der Waals surface area (Å²) in [6.07, 6.45) is 1.29. The first-order valence-corrected chi connectivity index (χ1v) is 8.02. The van der Waals surface area contributed by atoms with Gasteiger partial charge in [-0.15, -0.1) is 0 Å². The first-order chi connectivity index (χ1) is 9.31. The van der Waals surface area contributed by atoms with Crippen LogP contribution in [0, 0.1) is 0 Å². The molecule has 2 aliphatic heterocycles. The van der Waals surface area contributed by atoms with Crippen LogP contribution in [0.5, 0.6) is 0 Å². The number of benzene rings is 1. The molecule has 1 aromatic carbocycles. The second-order valence-corrected chi connectivity index (χ2v) is 6.53. The maximum Gasteiger partial charge on any atom is 0.0351 e. The lowest BCUT2D eigenvalue weighted by molar-refractivity contribution is 0.0322. The fraction of sp³-hybridized carbons (Fsp3) is 0.600. The second kappa shape index (κ2) is 6.35. The molecule has 1 aromatic rings. The minimum absolute atomic E-state index is 0.784. The van der Waals surface area contributed by atoms with E-state index in [0.717, 1.165) is 19.1 Å². The van der Waals surface area contributed by atoms with E-state index >= 15 is 0 Å². The standard InChI is InChI=1S/C15H22BrN3/c16-14-4-1-3-13(9-14)10-18-11-15(12-18)19-7-2-5-17-6-8-19/h1,3-4,9,15,17H,2,5-8,10-12H2. The fourth-order valence-electron chi connectivity index (χ4n) is 3.03. The van der Waals surface area contributed by atoms with Crippen LogP contribution < -0.4 is 5.32 Å². The summed E-state index contributed by atoms with van der Waals surface area (Å²) in [5.41, 5.74) is 1.41. The van der Waals surface area contributed by atoms with Crippen LogP contribution in [0.4, 0.5) is 0 Å². The van der Waals surface area contributed by atoms with Crippen molar-refractivity contribution in [1.82, 2.24) is 15.1 Å². The van der Waals surface area contributed by atoms with E-state index in [-0.39, 0.29) is 0 Å². The maximum absolute atomic E-state index is 3.54. The lowest BCUT2D eigenvalue weighted by Gasteiger charge is -2.45. The highest BCUT2D eigenvalue weighted by Crippen LogP contribution is 2.20. The van der Waals surface area contributed by atoms with E-state index in [1.807, 2.05) is 0 Å². The predicted molar refractivity (Wildman–Crippen MR) is 82.3 cm³/mol. The van der Waals surface area contributed by atoms with Gasteiger partial charge in [-0.25, -0.2) is 0 Å². The van der Waals surface area contributed by atoms with Crippen LogP contribution in [0.1, 0.15) is 12.0 Å². The van der Waals surface area contributed by atoms with Gasteiger partial charge in [0.05, 0.1) is 0 Å². The summed E-state index contributed by atoms with van der Waals surface area (Å²) >= 11 is 3.54. The smallest absolute Gasteiger partial charge is 0.0351 e. The van der Waals surface area contributed by atoms with Crippen molar-refractivity contribution in [1.29, 1.82) is 0 Å². The lowest BCUT2D eigenvalue weighted by Crippen LogP contribution is -2.59. The molecule has 2 aliphatic rings. The molecule has 0 spiro atoms. The molecule has 3 rings (SSSR count). The van der Waals surface area contributed by atoms with Crippen molar-refractivity contribution in [3.8, 4) is 0 Å². The van der Waals surface area contributed by atoms with E-state index in [1.54, 1.807) is 0 Å². The number of likely N-dealkylation sites (tertiary alicyclic amines) is 1. The predicted octanol–water partition coefficient (Wildman–Crippen LogP) is 1.93. The fourth-order valence-corrected chi connectivity index (χ4v) is 3.47. The van der Waals surface area contributed by atoms with Gasteiger partial charge in [-0.05, 0) is 37.2 Å². The number of hydrogen-bond donors (Lipinski definition) is 1. The van der Waals surface area contributed by atoms with E-state index in [1.165, 1.54) is 49.2 Å². The Labute approximate surface area is 124 Å². The molecule has 104 valence electrons. The van der Waals surface area contributed by atoms with Crippen molar-refractivity contribution in [3.05, 3.63) is 34.3 Å². The Balaban J connectivity index is 1.47. The van der Waals surface area contributed by atoms with Gasteiger partial charge in [0, 0.05) is 43.2 Å². The number of halogens is 1. The first-order valence-electron chi connectivity index (χ1n) is 7.23. The van der Waals surface area contributed by atoms with E-state index in [4.69, 9.17) is 0 Å². The Kier molecular flexibility index (Phi) is 4.53.